The second kappa shape index (κ2) is 3.24. The van der Waals surface area contributed by atoms with Crippen molar-refractivity contribution in [2.24, 2.45) is 5.92 Å². The van der Waals surface area contributed by atoms with Gasteiger partial charge in [-0.15, -0.1) is 0 Å². The fourth-order valence-electron chi connectivity index (χ4n) is 1.28. The van der Waals surface area contributed by atoms with Crippen molar-refractivity contribution < 1.29 is 0 Å². The zero-order valence-electron chi connectivity index (χ0n) is 6.61. The van der Waals surface area contributed by atoms with Gasteiger partial charge in [-0.2, -0.15) is 0 Å². The molecule has 1 radical (unpaired) electrons. The molecule has 1 saturated carbocycles. The molecule has 1 rings (SSSR count). The van der Waals surface area contributed by atoms with Crippen LogP contribution in [0.2, 0.25) is 0 Å². The van der Waals surface area contributed by atoms with Crippen molar-refractivity contribution in [2.45, 2.75) is 46.0 Å². The molecule has 0 nitrogen and oxygen atoms in total. The summed E-state index contributed by atoms with van der Waals surface area (Å²) in [6.45, 7) is 4.61. The molecule has 0 bridgehead atoms. The van der Waals surface area contributed by atoms with Crippen LogP contribution in [-0.2, 0) is 0 Å². The van der Waals surface area contributed by atoms with Crippen LogP contribution in [0.15, 0.2) is 0 Å². The predicted octanol–water partition coefficient (Wildman–Crippen LogP) is 3.18. The second-order valence-electron chi connectivity index (χ2n) is 3.14. The molecule has 0 heterocycles. The molecule has 0 aromatic rings. The Morgan fingerprint density at radius 2 is 1.78 bits per heavy atom. The molecule has 53 valence electrons. The van der Waals surface area contributed by atoms with Gasteiger partial charge in [-0.1, -0.05) is 26.7 Å². The van der Waals surface area contributed by atoms with Crippen LogP contribution >= 0.6 is 0 Å². The molecule has 0 aromatic carbocycles. The van der Waals surface area contributed by atoms with Gasteiger partial charge < -0.3 is 0 Å². The topological polar surface area (TPSA) is 0 Å². The molecule has 0 saturated heterocycles. The first kappa shape index (κ1) is 7.11. The normalized spacial score (nSPS) is 19.0. The lowest BCUT2D eigenvalue weighted by Gasteiger charge is -2.09. The van der Waals surface area contributed by atoms with Crippen molar-refractivity contribution in [1.29, 1.82) is 0 Å². The Morgan fingerprint density at radius 3 is 2.11 bits per heavy atom. The maximum absolute atomic E-state index is 2.30. The van der Waals surface area contributed by atoms with Gasteiger partial charge in [0.15, 0.2) is 0 Å². The molecule has 9 heavy (non-hydrogen) atoms. The summed E-state index contributed by atoms with van der Waals surface area (Å²) in [7, 11) is 0. The van der Waals surface area contributed by atoms with Gasteiger partial charge in [0.05, 0.1) is 0 Å². The molecule has 0 aliphatic heterocycles. The van der Waals surface area contributed by atoms with Crippen molar-refractivity contribution in [3.8, 4) is 0 Å². The highest BCUT2D eigenvalue weighted by Crippen LogP contribution is 2.39. The molecule has 0 spiro atoms. The largest absolute Gasteiger partial charge is 0.0651 e. The lowest BCUT2D eigenvalue weighted by atomic mass is 9.97. The van der Waals surface area contributed by atoms with E-state index in [0.717, 1.165) is 5.92 Å². The van der Waals surface area contributed by atoms with E-state index >= 15 is 0 Å². The first-order valence-corrected chi connectivity index (χ1v) is 4.20. The summed E-state index contributed by atoms with van der Waals surface area (Å²) < 4.78 is 0. The van der Waals surface area contributed by atoms with Crippen LogP contribution in [0.25, 0.3) is 0 Å². The zero-order chi connectivity index (χ0) is 6.69. The summed E-state index contributed by atoms with van der Waals surface area (Å²) in [4.78, 5) is 0. The summed E-state index contributed by atoms with van der Waals surface area (Å²) in [5.41, 5.74) is 0. The van der Waals surface area contributed by atoms with E-state index in [1.165, 1.54) is 32.1 Å². The fraction of sp³-hybridized carbons (Fsp3) is 0.889. The average Bonchev–Trinajstić information content (AvgIpc) is 2.66. The van der Waals surface area contributed by atoms with Gasteiger partial charge in [0, 0.05) is 0 Å². The second-order valence-corrected chi connectivity index (χ2v) is 3.14. The smallest absolute Gasteiger partial charge is 0.0238 e. The third kappa shape index (κ3) is 2.38. The summed E-state index contributed by atoms with van der Waals surface area (Å²) >= 11 is 0. The summed E-state index contributed by atoms with van der Waals surface area (Å²) in [5.74, 6) is 2.83. The van der Waals surface area contributed by atoms with Crippen LogP contribution in [0.1, 0.15) is 46.0 Å². The standard InChI is InChI=1S/C9H17/c1-3-8(4-2)7-9-5-6-9/h8H,3-7H2,1-2H3. The molecule has 1 fully saturated rings. The lowest BCUT2D eigenvalue weighted by Crippen LogP contribution is -1.95. The number of hydrogen-bond acceptors (Lipinski definition) is 0. The first-order chi connectivity index (χ1) is 4.36. The molecule has 0 atom stereocenters. The zero-order valence-corrected chi connectivity index (χ0v) is 6.61. The van der Waals surface area contributed by atoms with Gasteiger partial charge in [-0.05, 0) is 31.1 Å². The van der Waals surface area contributed by atoms with Crippen LogP contribution in [0.3, 0.4) is 0 Å². The molecule has 1 aliphatic rings. The van der Waals surface area contributed by atoms with Gasteiger partial charge in [-0.3, -0.25) is 0 Å². The Morgan fingerprint density at radius 1 is 1.22 bits per heavy atom. The fourth-order valence-corrected chi connectivity index (χ4v) is 1.28. The highest BCUT2D eigenvalue weighted by Gasteiger charge is 2.24. The van der Waals surface area contributed by atoms with Crippen LogP contribution in [-0.4, -0.2) is 0 Å². The molecule has 1 aliphatic carbocycles. The minimum absolute atomic E-state index is 1.00. The summed E-state index contributed by atoms with van der Waals surface area (Å²) in [5, 5.41) is 0. The van der Waals surface area contributed by atoms with Crippen molar-refractivity contribution in [1.82, 2.24) is 0 Å². The molecular formula is C9H17. The van der Waals surface area contributed by atoms with Gasteiger partial charge in [0.1, 0.15) is 0 Å². The van der Waals surface area contributed by atoms with E-state index in [4.69, 9.17) is 0 Å². The van der Waals surface area contributed by atoms with Crippen molar-refractivity contribution in [3.05, 3.63) is 5.92 Å². The van der Waals surface area contributed by atoms with Crippen LogP contribution in [0.5, 0.6) is 0 Å². The maximum Gasteiger partial charge on any atom is -0.0238 e. The molecule has 0 unspecified atom stereocenters. The van der Waals surface area contributed by atoms with E-state index < -0.39 is 0 Å². The Kier molecular flexibility index (Phi) is 2.56. The van der Waals surface area contributed by atoms with Crippen LogP contribution in [0.4, 0.5) is 0 Å². The minimum atomic E-state index is 1.00. The molecule has 0 heteroatoms. The predicted molar refractivity (Wildman–Crippen MR) is 41.2 cm³/mol. The monoisotopic (exact) mass is 125 g/mol. The first-order valence-electron chi connectivity index (χ1n) is 4.20. The molecule has 0 N–H and O–H groups in total. The Bertz CT molecular complexity index is 68.1. The SMILES string of the molecule is CCC(CC)C[C]1CC1. The van der Waals surface area contributed by atoms with Gasteiger partial charge in [-0.25, -0.2) is 0 Å². The van der Waals surface area contributed by atoms with E-state index in [9.17, 15) is 0 Å². The van der Waals surface area contributed by atoms with E-state index in [-0.39, 0.29) is 0 Å². The van der Waals surface area contributed by atoms with E-state index in [1.807, 2.05) is 5.92 Å². The third-order valence-corrected chi connectivity index (χ3v) is 2.34. The van der Waals surface area contributed by atoms with E-state index in [0.29, 0.717) is 0 Å². The van der Waals surface area contributed by atoms with Crippen LogP contribution < -0.4 is 0 Å². The van der Waals surface area contributed by atoms with Crippen LogP contribution in [0, 0.1) is 11.8 Å². The molecular weight excluding hydrogens is 108 g/mol. The highest BCUT2D eigenvalue weighted by atomic mass is 14.3. The van der Waals surface area contributed by atoms with Crippen molar-refractivity contribution in [2.75, 3.05) is 0 Å². The highest BCUT2D eigenvalue weighted by molar-refractivity contribution is 5.05. The lowest BCUT2D eigenvalue weighted by molar-refractivity contribution is 0.480. The Balaban J connectivity index is 2.05. The molecule has 0 amide bonds. The third-order valence-electron chi connectivity index (χ3n) is 2.34. The molecule has 0 aromatic heterocycles. The van der Waals surface area contributed by atoms with Gasteiger partial charge in [0.25, 0.3) is 0 Å². The quantitative estimate of drug-likeness (QED) is 0.541. The summed E-state index contributed by atoms with van der Waals surface area (Å²) in [6.07, 6.45) is 7.07. The minimum Gasteiger partial charge on any atom is -0.0651 e. The maximum atomic E-state index is 2.30. The van der Waals surface area contributed by atoms with Gasteiger partial charge in [0.2, 0.25) is 0 Å². The average molecular weight is 125 g/mol. The summed E-state index contributed by atoms with van der Waals surface area (Å²) in [6, 6.07) is 0. The van der Waals surface area contributed by atoms with Crippen molar-refractivity contribution >= 4 is 0 Å². The van der Waals surface area contributed by atoms with Gasteiger partial charge >= 0.3 is 0 Å². The van der Waals surface area contributed by atoms with E-state index in [1.54, 1.807) is 0 Å². The number of hydrogen-bond donors (Lipinski definition) is 0. The Labute approximate surface area is 58.7 Å². The Hall–Kier alpha value is 0. The van der Waals surface area contributed by atoms with Crippen molar-refractivity contribution in [3.63, 3.8) is 0 Å². The van der Waals surface area contributed by atoms with E-state index in [2.05, 4.69) is 13.8 Å². The number of rotatable bonds is 4.